The van der Waals surface area contributed by atoms with Gasteiger partial charge in [0.1, 0.15) is 0 Å². The van der Waals surface area contributed by atoms with E-state index in [0.29, 0.717) is 6.61 Å². The van der Waals surface area contributed by atoms with Crippen molar-refractivity contribution in [2.24, 2.45) is 0 Å². The first-order chi connectivity index (χ1) is 7.79. The molecular formula is C14H13BrO. The molecule has 2 aromatic carbocycles. The van der Waals surface area contributed by atoms with E-state index in [1.165, 1.54) is 16.7 Å². The van der Waals surface area contributed by atoms with Gasteiger partial charge in [0.25, 0.3) is 0 Å². The van der Waals surface area contributed by atoms with Gasteiger partial charge in [-0.2, -0.15) is 0 Å². The Hall–Kier alpha value is -1.12. The molecule has 16 heavy (non-hydrogen) atoms. The molecule has 2 rings (SSSR count). The van der Waals surface area contributed by atoms with Crippen molar-refractivity contribution in [1.29, 1.82) is 0 Å². The third-order valence-electron chi connectivity index (χ3n) is 2.44. The molecule has 0 aliphatic heterocycles. The lowest BCUT2D eigenvalue weighted by Gasteiger charge is -2.04. The van der Waals surface area contributed by atoms with E-state index in [4.69, 9.17) is 4.74 Å². The predicted octanol–water partition coefficient (Wildman–Crippen LogP) is 4.26. The Kier molecular flexibility index (Phi) is 3.75. The molecule has 1 nitrogen and oxygen atoms in total. The van der Waals surface area contributed by atoms with Crippen molar-refractivity contribution in [2.45, 2.75) is 6.61 Å². The van der Waals surface area contributed by atoms with Crippen LogP contribution in [0.4, 0.5) is 0 Å². The molecule has 0 unspecified atom stereocenters. The van der Waals surface area contributed by atoms with Crippen LogP contribution in [0, 0.1) is 0 Å². The van der Waals surface area contributed by atoms with Gasteiger partial charge in [0.2, 0.25) is 0 Å². The van der Waals surface area contributed by atoms with Crippen molar-refractivity contribution in [2.75, 3.05) is 7.11 Å². The van der Waals surface area contributed by atoms with Crippen molar-refractivity contribution in [3.63, 3.8) is 0 Å². The molecular weight excluding hydrogens is 264 g/mol. The molecule has 0 fully saturated rings. The summed E-state index contributed by atoms with van der Waals surface area (Å²) in [5.41, 5.74) is 3.66. The fourth-order valence-corrected chi connectivity index (χ4v) is 1.87. The average Bonchev–Trinajstić information content (AvgIpc) is 2.32. The summed E-state index contributed by atoms with van der Waals surface area (Å²) in [4.78, 5) is 0. The first-order valence-corrected chi connectivity index (χ1v) is 5.93. The summed E-state index contributed by atoms with van der Waals surface area (Å²) in [6, 6.07) is 16.8. The molecule has 0 spiro atoms. The monoisotopic (exact) mass is 276 g/mol. The van der Waals surface area contributed by atoms with Crippen molar-refractivity contribution < 1.29 is 4.74 Å². The van der Waals surface area contributed by atoms with E-state index in [1.807, 2.05) is 0 Å². The number of rotatable bonds is 3. The maximum atomic E-state index is 5.08. The Balaban J connectivity index is 2.24. The highest BCUT2D eigenvalue weighted by Crippen LogP contribution is 2.22. The summed E-state index contributed by atoms with van der Waals surface area (Å²) in [5, 5.41) is 0. The molecule has 82 valence electrons. The third kappa shape index (κ3) is 2.71. The Labute approximate surface area is 104 Å². The fraction of sp³-hybridized carbons (Fsp3) is 0.143. The third-order valence-corrected chi connectivity index (χ3v) is 2.97. The Morgan fingerprint density at radius 1 is 0.875 bits per heavy atom. The maximum absolute atomic E-state index is 5.08. The minimum Gasteiger partial charge on any atom is -0.380 e. The highest BCUT2D eigenvalue weighted by molar-refractivity contribution is 9.10. The molecule has 0 N–H and O–H groups in total. The zero-order chi connectivity index (χ0) is 11.4. The van der Waals surface area contributed by atoms with E-state index in [9.17, 15) is 0 Å². The Morgan fingerprint density at radius 3 is 1.88 bits per heavy atom. The van der Waals surface area contributed by atoms with Gasteiger partial charge >= 0.3 is 0 Å². The summed E-state index contributed by atoms with van der Waals surface area (Å²) >= 11 is 3.43. The molecule has 0 aromatic heterocycles. The Bertz CT molecular complexity index is 445. The summed E-state index contributed by atoms with van der Waals surface area (Å²) in [6.07, 6.45) is 0. The molecule has 2 aromatic rings. The molecule has 0 saturated heterocycles. The number of hydrogen-bond acceptors (Lipinski definition) is 1. The van der Waals surface area contributed by atoms with E-state index in [0.717, 1.165) is 4.47 Å². The second-order valence-corrected chi connectivity index (χ2v) is 4.55. The lowest BCUT2D eigenvalue weighted by Crippen LogP contribution is -1.86. The quantitative estimate of drug-likeness (QED) is 0.814. The normalized spacial score (nSPS) is 10.4. The van der Waals surface area contributed by atoms with Crippen LogP contribution < -0.4 is 0 Å². The largest absolute Gasteiger partial charge is 0.380 e. The van der Waals surface area contributed by atoms with E-state index in [-0.39, 0.29) is 0 Å². The molecule has 0 atom stereocenters. The van der Waals surface area contributed by atoms with Gasteiger partial charge in [-0.05, 0) is 28.8 Å². The minimum absolute atomic E-state index is 0.667. The molecule has 0 aliphatic rings. The fourth-order valence-electron chi connectivity index (χ4n) is 1.60. The second kappa shape index (κ2) is 5.28. The van der Waals surface area contributed by atoms with Crippen LogP contribution in [0.15, 0.2) is 53.0 Å². The van der Waals surface area contributed by atoms with Gasteiger partial charge in [-0.1, -0.05) is 52.3 Å². The first kappa shape index (κ1) is 11.4. The van der Waals surface area contributed by atoms with Crippen LogP contribution in [0.2, 0.25) is 0 Å². The standard InChI is InChI=1S/C14H13BrO/c1-16-10-11-2-4-12(5-3-11)13-6-8-14(15)9-7-13/h2-9H,10H2,1H3. The van der Waals surface area contributed by atoms with Gasteiger partial charge in [0.15, 0.2) is 0 Å². The van der Waals surface area contributed by atoms with Crippen LogP contribution in [0.5, 0.6) is 0 Å². The molecule has 0 radical (unpaired) electrons. The van der Waals surface area contributed by atoms with Crippen molar-refractivity contribution >= 4 is 15.9 Å². The highest BCUT2D eigenvalue weighted by Gasteiger charge is 1.97. The SMILES string of the molecule is COCc1ccc(-c2ccc(Br)cc2)cc1. The van der Waals surface area contributed by atoms with Crippen LogP contribution in [-0.2, 0) is 11.3 Å². The first-order valence-electron chi connectivity index (χ1n) is 5.13. The van der Waals surface area contributed by atoms with Gasteiger partial charge in [-0.25, -0.2) is 0 Å². The maximum Gasteiger partial charge on any atom is 0.0713 e. The highest BCUT2D eigenvalue weighted by atomic mass is 79.9. The number of hydrogen-bond donors (Lipinski definition) is 0. The van der Waals surface area contributed by atoms with E-state index in [2.05, 4.69) is 64.5 Å². The number of halogens is 1. The number of methoxy groups -OCH3 is 1. The molecule has 0 bridgehead atoms. The Morgan fingerprint density at radius 2 is 1.38 bits per heavy atom. The van der Waals surface area contributed by atoms with Gasteiger partial charge in [0.05, 0.1) is 6.61 Å². The van der Waals surface area contributed by atoms with Crippen molar-refractivity contribution in [1.82, 2.24) is 0 Å². The molecule has 0 heterocycles. The number of ether oxygens (including phenoxy) is 1. The molecule has 2 heteroatoms. The van der Waals surface area contributed by atoms with E-state index in [1.54, 1.807) is 7.11 Å². The van der Waals surface area contributed by atoms with Gasteiger partial charge < -0.3 is 4.74 Å². The van der Waals surface area contributed by atoms with Crippen LogP contribution >= 0.6 is 15.9 Å². The summed E-state index contributed by atoms with van der Waals surface area (Å²) in [5.74, 6) is 0. The van der Waals surface area contributed by atoms with Gasteiger partial charge in [-0.3, -0.25) is 0 Å². The number of benzene rings is 2. The van der Waals surface area contributed by atoms with Gasteiger partial charge in [0, 0.05) is 11.6 Å². The summed E-state index contributed by atoms with van der Waals surface area (Å²) in [7, 11) is 1.71. The molecule has 0 amide bonds. The zero-order valence-electron chi connectivity index (χ0n) is 9.11. The van der Waals surface area contributed by atoms with Crippen LogP contribution in [0.3, 0.4) is 0 Å². The van der Waals surface area contributed by atoms with Crippen molar-refractivity contribution in [3.05, 3.63) is 58.6 Å². The summed E-state index contributed by atoms with van der Waals surface area (Å²) < 4.78 is 6.19. The lowest BCUT2D eigenvalue weighted by molar-refractivity contribution is 0.185. The van der Waals surface area contributed by atoms with Crippen LogP contribution in [0.1, 0.15) is 5.56 Å². The molecule has 0 saturated carbocycles. The smallest absolute Gasteiger partial charge is 0.0713 e. The minimum atomic E-state index is 0.667. The molecule has 0 aliphatic carbocycles. The second-order valence-electron chi connectivity index (χ2n) is 3.64. The zero-order valence-corrected chi connectivity index (χ0v) is 10.7. The lowest BCUT2D eigenvalue weighted by atomic mass is 10.0. The van der Waals surface area contributed by atoms with E-state index >= 15 is 0 Å². The van der Waals surface area contributed by atoms with Crippen LogP contribution in [0.25, 0.3) is 11.1 Å². The average molecular weight is 277 g/mol. The van der Waals surface area contributed by atoms with Crippen LogP contribution in [-0.4, -0.2) is 7.11 Å². The summed E-state index contributed by atoms with van der Waals surface area (Å²) in [6.45, 7) is 0.667. The van der Waals surface area contributed by atoms with Crippen molar-refractivity contribution in [3.8, 4) is 11.1 Å². The van der Waals surface area contributed by atoms with Gasteiger partial charge in [-0.15, -0.1) is 0 Å². The predicted molar refractivity (Wildman–Crippen MR) is 70.3 cm³/mol. The van der Waals surface area contributed by atoms with E-state index < -0.39 is 0 Å². The topological polar surface area (TPSA) is 9.23 Å².